The van der Waals surface area contributed by atoms with Crippen molar-refractivity contribution >= 4 is 17.4 Å². The third-order valence-electron chi connectivity index (χ3n) is 2.74. The van der Waals surface area contributed by atoms with Gasteiger partial charge in [0.2, 0.25) is 0 Å². The van der Waals surface area contributed by atoms with Crippen LogP contribution in [0.1, 0.15) is 29.0 Å². The zero-order valence-electron chi connectivity index (χ0n) is 10.5. The van der Waals surface area contributed by atoms with Crippen LogP contribution in [-0.2, 0) is 0 Å². The first-order valence-corrected chi connectivity index (χ1v) is 5.82. The Kier molecular flexibility index (Phi) is 3.61. The van der Waals surface area contributed by atoms with Crippen LogP contribution in [0.5, 0.6) is 0 Å². The van der Waals surface area contributed by atoms with E-state index in [0.717, 1.165) is 5.56 Å². The van der Waals surface area contributed by atoms with Crippen molar-refractivity contribution in [3.05, 3.63) is 47.7 Å². The number of nitrogen functional groups attached to an aromatic ring is 1. The fourth-order valence-electron chi connectivity index (χ4n) is 1.75. The number of amides is 1. The first-order valence-electron chi connectivity index (χ1n) is 5.82. The van der Waals surface area contributed by atoms with Gasteiger partial charge in [-0.2, -0.15) is 0 Å². The second kappa shape index (κ2) is 5.34. The summed E-state index contributed by atoms with van der Waals surface area (Å²) >= 11 is 0. The molecule has 0 radical (unpaired) electrons. The van der Waals surface area contributed by atoms with Gasteiger partial charge < -0.3 is 16.8 Å². The molecule has 1 atom stereocenters. The molecule has 0 saturated carbocycles. The average Bonchev–Trinajstić information content (AvgIpc) is 2.39. The van der Waals surface area contributed by atoms with Gasteiger partial charge in [0.05, 0.1) is 6.04 Å². The minimum Gasteiger partial charge on any atom is -0.398 e. The average molecular weight is 257 g/mol. The molecule has 5 N–H and O–H groups in total. The van der Waals surface area contributed by atoms with Crippen LogP contribution in [0, 0.1) is 0 Å². The summed E-state index contributed by atoms with van der Waals surface area (Å²) in [5.41, 5.74) is 12.8. The van der Waals surface area contributed by atoms with Crippen molar-refractivity contribution in [2.24, 2.45) is 5.73 Å². The number of nitrogens with two attached hydrogens (primary N) is 2. The van der Waals surface area contributed by atoms with Crippen LogP contribution in [0.2, 0.25) is 0 Å². The summed E-state index contributed by atoms with van der Waals surface area (Å²) < 4.78 is 0. The van der Waals surface area contributed by atoms with E-state index < -0.39 is 5.91 Å². The third kappa shape index (κ3) is 2.98. The second-order valence-corrected chi connectivity index (χ2v) is 4.16. The lowest BCUT2D eigenvalue weighted by molar-refractivity contribution is 0.0994. The summed E-state index contributed by atoms with van der Waals surface area (Å²) in [5, 5.41) is 10.8. The van der Waals surface area contributed by atoms with Gasteiger partial charge in [-0.3, -0.25) is 4.79 Å². The largest absolute Gasteiger partial charge is 0.398 e. The summed E-state index contributed by atoms with van der Waals surface area (Å²) in [7, 11) is 0. The molecule has 19 heavy (non-hydrogen) atoms. The maximum Gasteiger partial charge on any atom is 0.269 e. The molecule has 1 unspecified atom stereocenters. The highest BCUT2D eigenvalue weighted by Crippen LogP contribution is 2.22. The minimum absolute atomic E-state index is 0.0186. The number of hydrogen-bond acceptors (Lipinski definition) is 5. The predicted octanol–water partition coefficient (Wildman–Crippen LogP) is 1.33. The zero-order valence-corrected chi connectivity index (χ0v) is 10.5. The van der Waals surface area contributed by atoms with Crippen LogP contribution in [0.4, 0.5) is 11.5 Å². The highest BCUT2D eigenvalue weighted by Gasteiger charge is 2.10. The Balaban J connectivity index is 2.13. The number of para-hydroxylation sites is 1. The molecule has 0 fully saturated rings. The molecular weight excluding hydrogens is 242 g/mol. The first-order chi connectivity index (χ1) is 9.08. The molecule has 1 aromatic heterocycles. The second-order valence-electron chi connectivity index (χ2n) is 4.16. The van der Waals surface area contributed by atoms with Gasteiger partial charge in [-0.1, -0.05) is 18.2 Å². The lowest BCUT2D eigenvalue weighted by Gasteiger charge is -2.16. The number of carbonyl (C=O) groups is 1. The van der Waals surface area contributed by atoms with Crippen LogP contribution in [0.3, 0.4) is 0 Å². The molecule has 0 aliphatic heterocycles. The molecule has 0 saturated heterocycles. The molecular formula is C13H15N5O. The van der Waals surface area contributed by atoms with Crippen molar-refractivity contribution in [3.63, 3.8) is 0 Å². The van der Waals surface area contributed by atoms with E-state index in [2.05, 4.69) is 15.5 Å². The van der Waals surface area contributed by atoms with E-state index >= 15 is 0 Å². The number of anilines is 2. The maximum absolute atomic E-state index is 10.9. The quantitative estimate of drug-likeness (QED) is 0.716. The maximum atomic E-state index is 10.9. The topological polar surface area (TPSA) is 107 Å². The lowest BCUT2D eigenvalue weighted by Crippen LogP contribution is -2.15. The molecule has 1 heterocycles. The van der Waals surface area contributed by atoms with Crippen LogP contribution in [-0.4, -0.2) is 16.1 Å². The van der Waals surface area contributed by atoms with E-state index in [1.807, 2.05) is 31.2 Å². The van der Waals surface area contributed by atoms with Crippen molar-refractivity contribution in [1.82, 2.24) is 10.2 Å². The fourth-order valence-corrected chi connectivity index (χ4v) is 1.75. The molecule has 6 nitrogen and oxygen atoms in total. The molecule has 0 spiro atoms. The number of nitrogens with one attached hydrogen (secondary N) is 1. The lowest BCUT2D eigenvalue weighted by atomic mass is 10.1. The molecule has 1 aromatic carbocycles. The number of nitrogens with zero attached hydrogens (tertiary/aromatic N) is 2. The summed E-state index contributed by atoms with van der Waals surface area (Å²) in [6.45, 7) is 1.97. The van der Waals surface area contributed by atoms with Gasteiger partial charge in [-0.25, -0.2) is 0 Å². The number of carbonyl (C=O) groups excluding carboxylic acids is 1. The van der Waals surface area contributed by atoms with Crippen molar-refractivity contribution in [3.8, 4) is 0 Å². The van der Waals surface area contributed by atoms with E-state index in [9.17, 15) is 4.79 Å². The normalized spacial score (nSPS) is 11.8. The standard InChI is InChI=1S/C13H15N5O/c1-8(9-4-2-3-5-10(9)14)16-12-7-6-11(13(15)19)17-18-12/h2-8H,14H2,1H3,(H2,15,19)(H,16,18). The predicted molar refractivity (Wildman–Crippen MR) is 73.4 cm³/mol. The molecule has 0 bridgehead atoms. The third-order valence-corrected chi connectivity index (χ3v) is 2.74. The van der Waals surface area contributed by atoms with Gasteiger partial charge in [0, 0.05) is 5.69 Å². The van der Waals surface area contributed by atoms with E-state index in [0.29, 0.717) is 11.5 Å². The Morgan fingerprint density at radius 2 is 1.95 bits per heavy atom. The van der Waals surface area contributed by atoms with Crippen molar-refractivity contribution in [2.75, 3.05) is 11.1 Å². The van der Waals surface area contributed by atoms with E-state index in [-0.39, 0.29) is 11.7 Å². The number of primary amides is 1. The number of hydrogen-bond donors (Lipinski definition) is 3. The SMILES string of the molecule is CC(Nc1ccc(C(N)=O)nn1)c1ccccc1N. The highest BCUT2D eigenvalue weighted by atomic mass is 16.1. The summed E-state index contributed by atoms with van der Waals surface area (Å²) in [5.74, 6) is -0.0415. The van der Waals surface area contributed by atoms with Crippen LogP contribution >= 0.6 is 0 Å². The first kappa shape index (κ1) is 12.8. The van der Waals surface area contributed by atoms with Crippen molar-refractivity contribution in [1.29, 1.82) is 0 Å². The van der Waals surface area contributed by atoms with Gasteiger partial charge in [0.25, 0.3) is 5.91 Å². The number of benzene rings is 1. The smallest absolute Gasteiger partial charge is 0.269 e. The van der Waals surface area contributed by atoms with Crippen molar-refractivity contribution < 1.29 is 4.79 Å². The van der Waals surface area contributed by atoms with Crippen LogP contribution < -0.4 is 16.8 Å². The molecule has 2 aromatic rings. The zero-order chi connectivity index (χ0) is 13.8. The van der Waals surface area contributed by atoms with Gasteiger partial charge in [0.15, 0.2) is 5.69 Å². The molecule has 1 amide bonds. The summed E-state index contributed by atoms with van der Waals surface area (Å²) in [6, 6.07) is 10.8. The number of aromatic nitrogens is 2. The number of rotatable bonds is 4. The Morgan fingerprint density at radius 1 is 1.21 bits per heavy atom. The molecule has 98 valence electrons. The monoisotopic (exact) mass is 257 g/mol. The van der Waals surface area contributed by atoms with Crippen LogP contribution in [0.15, 0.2) is 36.4 Å². The molecule has 6 heteroatoms. The van der Waals surface area contributed by atoms with E-state index in [1.54, 1.807) is 6.07 Å². The van der Waals surface area contributed by atoms with Gasteiger partial charge >= 0.3 is 0 Å². The van der Waals surface area contributed by atoms with E-state index in [1.165, 1.54) is 6.07 Å². The van der Waals surface area contributed by atoms with Gasteiger partial charge in [-0.05, 0) is 30.7 Å². The molecule has 0 aliphatic rings. The minimum atomic E-state index is -0.598. The molecule has 0 aliphatic carbocycles. The van der Waals surface area contributed by atoms with Gasteiger partial charge in [0.1, 0.15) is 5.82 Å². The Morgan fingerprint density at radius 3 is 2.53 bits per heavy atom. The van der Waals surface area contributed by atoms with E-state index in [4.69, 9.17) is 11.5 Å². The highest BCUT2D eigenvalue weighted by molar-refractivity contribution is 5.90. The Hall–Kier alpha value is -2.63. The summed E-state index contributed by atoms with van der Waals surface area (Å²) in [4.78, 5) is 10.9. The summed E-state index contributed by atoms with van der Waals surface area (Å²) in [6.07, 6.45) is 0. The van der Waals surface area contributed by atoms with Crippen molar-refractivity contribution in [2.45, 2.75) is 13.0 Å². The Bertz CT molecular complexity index is 582. The van der Waals surface area contributed by atoms with Crippen LogP contribution in [0.25, 0.3) is 0 Å². The van der Waals surface area contributed by atoms with Gasteiger partial charge in [-0.15, -0.1) is 10.2 Å². The Labute approximate surface area is 110 Å². The molecule has 2 rings (SSSR count). The fraction of sp³-hybridized carbons (Fsp3) is 0.154.